The van der Waals surface area contributed by atoms with Crippen LogP contribution in [0.25, 0.3) is 0 Å². The van der Waals surface area contributed by atoms with Crippen LogP contribution >= 0.6 is 0 Å². The van der Waals surface area contributed by atoms with Gasteiger partial charge in [0.2, 0.25) is 6.29 Å². The van der Waals surface area contributed by atoms with Crippen molar-refractivity contribution < 1.29 is 64.2 Å². The van der Waals surface area contributed by atoms with E-state index in [0.717, 1.165) is 5.56 Å². The van der Waals surface area contributed by atoms with Crippen molar-refractivity contribution in [2.24, 2.45) is 0 Å². The number of carbonyl (C=O) groups is 1. The van der Waals surface area contributed by atoms with Crippen molar-refractivity contribution in [1.82, 2.24) is 0 Å². The standard InChI is InChI=1S/C26H32O13/c27-10-9-14-1-7-17(8-2-14)37-24-21(20(31)19(30)18(11-28)38-24)39-25-22(32)26(34,13-36-25)12-35-23(33)15-3-5-16(29)6-4-15/h1-8,18-22,24-25,27-32,34H,9-13H2/t18-,19-,20+,21-,22+,24-,25+,26-/m1/s1. The van der Waals surface area contributed by atoms with Crippen LogP contribution in [0.15, 0.2) is 48.5 Å². The number of carbonyl (C=O) groups excluding carboxylic acids is 1. The van der Waals surface area contributed by atoms with E-state index in [0.29, 0.717) is 12.2 Å². The van der Waals surface area contributed by atoms with Gasteiger partial charge in [-0.2, -0.15) is 0 Å². The van der Waals surface area contributed by atoms with E-state index in [-0.39, 0.29) is 17.9 Å². The third-order valence-electron chi connectivity index (χ3n) is 6.55. The number of hydrogen-bond donors (Lipinski definition) is 7. The van der Waals surface area contributed by atoms with Crippen LogP contribution in [-0.2, 0) is 25.4 Å². The summed E-state index contributed by atoms with van der Waals surface area (Å²) in [6.45, 7) is -1.82. The molecule has 7 N–H and O–H groups in total. The maximum absolute atomic E-state index is 12.3. The molecule has 214 valence electrons. The average molecular weight is 553 g/mol. The monoisotopic (exact) mass is 552 g/mol. The number of aliphatic hydroxyl groups is 6. The number of aliphatic hydroxyl groups excluding tert-OH is 5. The van der Waals surface area contributed by atoms with Crippen molar-refractivity contribution in [2.75, 3.05) is 26.4 Å². The second-order valence-corrected chi connectivity index (χ2v) is 9.39. The minimum absolute atomic E-state index is 0.0316. The van der Waals surface area contributed by atoms with Crippen LogP contribution in [0.3, 0.4) is 0 Å². The lowest BCUT2D eigenvalue weighted by Crippen LogP contribution is -2.62. The van der Waals surface area contributed by atoms with Gasteiger partial charge in [0, 0.05) is 6.61 Å². The van der Waals surface area contributed by atoms with Crippen molar-refractivity contribution in [1.29, 1.82) is 0 Å². The molecule has 0 radical (unpaired) electrons. The third kappa shape index (κ3) is 6.66. The van der Waals surface area contributed by atoms with Crippen LogP contribution in [0.1, 0.15) is 15.9 Å². The lowest BCUT2D eigenvalue weighted by Gasteiger charge is -2.42. The SMILES string of the molecule is O=C(OC[C@@]1(O)CO[C@@H](O[C@H]2[C@H](Oc3ccc(CCO)cc3)O[C@H](CO)[C@@H](O)[C@@H]2O)[C@@H]1O)c1ccc(O)cc1. The van der Waals surface area contributed by atoms with Gasteiger partial charge in [0.05, 0.1) is 18.8 Å². The molecular weight excluding hydrogens is 520 g/mol. The highest BCUT2D eigenvalue weighted by molar-refractivity contribution is 5.89. The van der Waals surface area contributed by atoms with E-state index in [9.17, 15) is 35.4 Å². The van der Waals surface area contributed by atoms with E-state index in [1.807, 2.05) is 0 Å². The quantitative estimate of drug-likeness (QED) is 0.167. The smallest absolute Gasteiger partial charge is 0.338 e. The Morgan fingerprint density at radius 1 is 0.974 bits per heavy atom. The van der Waals surface area contributed by atoms with Gasteiger partial charge in [-0.3, -0.25) is 0 Å². The van der Waals surface area contributed by atoms with Crippen molar-refractivity contribution in [3.05, 3.63) is 59.7 Å². The molecular formula is C26H32O13. The first-order chi connectivity index (χ1) is 18.6. The maximum Gasteiger partial charge on any atom is 0.338 e. The molecule has 39 heavy (non-hydrogen) atoms. The van der Waals surface area contributed by atoms with Gasteiger partial charge in [0.25, 0.3) is 0 Å². The van der Waals surface area contributed by atoms with Gasteiger partial charge in [-0.1, -0.05) is 12.1 Å². The highest BCUT2D eigenvalue weighted by Gasteiger charge is 2.54. The fourth-order valence-corrected chi connectivity index (χ4v) is 4.22. The molecule has 2 aromatic carbocycles. The van der Waals surface area contributed by atoms with Gasteiger partial charge in [-0.15, -0.1) is 0 Å². The van der Waals surface area contributed by atoms with E-state index < -0.39 is 74.5 Å². The summed E-state index contributed by atoms with van der Waals surface area (Å²) in [7, 11) is 0. The first-order valence-electron chi connectivity index (χ1n) is 12.3. The average Bonchev–Trinajstić information content (AvgIpc) is 3.21. The molecule has 0 saturated carbocycles. The number of esters is 1. The molecule has 2 aliphatic rings. The molecule has 2 aromatic rings. The fourth-order valence-electron chi connectivity index (χ4n) is 4.22. The van der Waals surface area contributed by atoms with Gasteiger partial charge in [-0.25, -0.2) is 4.79 Å². The Hall–Kier alpha value is -2.85. The molecule has 0 aromatic heterocycles. The zero-order valence-electron chi connectivity index (χ0n) is 20.8. The van der Waals surface area contributed by atoms with Crippen LogP contribution in [0.5, 0.6) is 11.5 Å². The van der Waals surface area contributed by atoms with Crippen molar-refractivity contribution in [3.8, 4) is 11.5 Å². The molecule has 2 heterocycles. The number of rotatable bonds is 10. The zero-order chi connectivity index (χ0) is 28.2. The van der Waals surface area contributed by atoms with Gasteiger partial charge >= 0.3 is 5.97 Å². The Bertz CT molecular complexity index is 1080. The largest absolute Gasteiger partial charge is 0.508 e. The third-order valence-corrected chi connectivity index (χ3v) is 6.55. The number of phenolic OH excluding ortho intramolecular Hbond substituents is 1. The molecule has 2 fully saturated rings. The summed E-state index contributed by atoms with van der Waals surface area (Å²) in [4.78, 5) is 12.3. The summed E-state index contributed by atoms with van der Waals surface area (Å²) in [5, 5.41) is 70.8. The van der Waals surface area contributed by atoms with E-state index in [2.05, 4.69) is 0 Å². The van der Waals surface area contributed by atoms with Crippen LogP contribution in [-0.4, -0.2) is 117 Å². The first kappa shape index (κ1) is 29.1. The minimum atomic E-state index is -2.07. The molecule has 0 amide bonds. The normalized spacial score (nSPS) is 32.6. The molecule has 2 saturated heterocycles. The fraction of sp³-hybridized carbons (Fsp3) is 0.500. The molecule has 0 bridgehead atoms. The lowest BCUT2D eigenvalue weighted by molar-refractivity contribution is -0.318. The lowest BCUT2D eigenvalue weighted by atomic mass is 9.98. The highest BCUT2D eigenvalue weighted by atomic mass is 16.8. The summed E-state index contributed by atoms with van der Waals surface area (Å²) in [5.74, 6) is -0.566. The summed E-state index contributed by atoms with van der Waals surface area (Å²) < 4.78 is 27.6. The molecule has 8 atom stereocenters. The van der Waals surface area contributed by atoms with Crippen LogP contribution in [0, 0.1) is 0 Å². The molecule has 4 rings (SSSR count). The van der Waals surface area contributed by atoms with Crippen molar-refractivity contribution >= 4 is 5.97 Å². The highest BCUT2D eigenvalue weighted by Crippen LogP contribution is 2.32. The predicted octanol–water partition coefficient (Wildman–Crippen LogP) is -1.56. The Kier molecular flexibility index (Phi) is 9.38. The van der Waals surface area contributed by atoms with Gasteiger partial charge in [0.15, 0.2) is 18.0 Å². The zero-order valence-corrected chi connectivity index (χ0v) is 20.8. The number of benzene rings is 2. The molecule has 0 unspecified atom stereocenters. The molecule has 2 aliphatic heterocycles. The number of phenols is 1. The van der Waals surface area contributed by atoms with E-state index in [1.165, 1.54) is 24.3 Å². The summed E-state index contributed by atoms with van der Waals surface area (Å²) >= 11 is 0. The minimum Gasteiger partial charge on any atom is -0.508 e. The number of hydrogen-bond acceptors (Lipinski definition) is 13. The Morgan fingerprint density at radius 3 is 2.31 bits per heavy atom. The Labute approximate surface area is 223 Å². The van der Waals surface area contributed by atoms with E-state index in [1.54, 1.807) is 24.3 Å². The number of ether oxygens (including phenoxy) is 5. The second-order valence-electron chi connectivity index (χ2n) is 9.39. The van der Waals surface area contributed by atoms with Gasteiger partial charge < -0.3 is 59.4 Å². The Balaban J connectivity index is 1.43. The van der Waals surface area contributed by atoms with E-state index >= 15 is 0 Å². The van der Waals surface area contributed by atoms with Crippen LogP contribution in [0.4, 0.5) is 0 Å². The molecule has 0 aliphatic carbocycles. The molecule has 0 spiro atoms. The van der Waals surface area contributed by atoms with E-state index in [4.69, 9.17) is 28.8 Å². The summed E-state index contributed by atoms with van der Waals surface area (Å²) in [6, 6.07) is 11.8. The predicted molar refractivity (Wildman–Crippen MR) is 130 cm³/mol. The topological polar surface area (TPSA) is 205 Å². The van der Waals surface area contributed by atoms with Crippen LogP contribution in [0.2, 0.25) is 0 Å². The molecule has 13 nitrogen and oxygen atoms in total. The van der Waals surface area contributed by atoms with Crippen LogP contribution < -0.4 is 4.74 Å². The maximum atomic E-state index is 12.3. The number of aromatic hydroxyl groups is 1. The molecule has 13 heteroatoms. The first-order valence-corrected chi connectivity index (χ1v) is 12.3. The van der Waals surface area contributed by atoms with Gasteiger partial charge in [-0.05, 0) is 48.4 Å². The van der Waals surface area contributed by atoms with Crippen molar-refractivity contribution in [2.45, 2.75) is 55.1 Å². The summed E-state index contributed by atoms with van der Waals surface area (Å²) in [5.41, 5.74) is -1.11. The van der Waals surface area contributed by atoms with Gasteiger partial charge in [0.1, 0.15) is 42.5 Å². The Morgan fingerprint density at radius 2 is 1.67 bits per heavy atom. The summed E-state index contributed by atoms with van der Waals surface area (Å²) in [6.07, 6.45) is -10.1. The second kappa shape index (κ2) is 12.6. The van der Waals surface area contributed by atoms with Crippen molar-refractivity contribution in [3.63, 3.8) is 0 Å².